The Morgan fingerprint density at radius 2 is 1.71 bits per heavy atom. The standard InChI is InChI=1S/C24H28F2N2O5S/c25-19-13-20(26)15-22(14-19)34(30,31)28-8-4-7-24(17-28,18-33-21-5-2-1-3-6-21)16-23(29)27-9-11-32-12-10-27/h1-3,5-6,13-15H,4,7-12,16-18H2/t24-/m1/s1. The van der Waals surface area contributed by atoms with Crippen molar-refractivity contribution in [2.75, 3.05) is 46.0 Å². The maximum absolute atomic E-state index is 13.8. The van der Waals surface area contributed by atoms with Crippen LogP contribution in [0.2, 0.25) is 0 Å². The second-order valence-electron chi connectivity index (χ2n) is 8.82. The fourth-order valence-electron chi connectivity index (χ4n) is 4.51. The summed E-state index contributed by atoms with van der Waals surface area (Å²) in [4.78, 5) is 14.4. The first-order valence-corrected chi connectivity index (χ1v) is 12.7. The van der Waals surface area contributed by atoms with Crippen molar-refractivity contribution in [2.45, 2.75) is 24.2 Å². The van der Waals surface area contributed by atoms with E-state index in [4.69, 9.17) is 9.47 Å². The molecule has 0 radical (unpaired) electrons. The maximum Gasteiger partial charge on any atom is 0.243 e. The summed E-state index contributed by atoms with van der Waals surface area (Å²) in [6.45, 7) is 2.24. The summed E-state index contributed by atoms with van der Waals surface area (Å²) in [7, 11) is -4.17. The highest BCUT2D eigenvalue weighted by molar-refractivity contribution is 7.89. The molecule has 34 heavy (non-hydrogen) atoms. The Kier molecular flexibility index (Phi) is 7.49. The predicted molar refractivity (Wildman–Crippen MR) is 121 cm³/mol. The van der Waals surface area contributed by atoms with Gasteiger partial charge >= 0.3 is 0 Å². The van der Waals surface area contributed by atoms with Crippen LogP contribution in [0.5, 0.6) is 5.75 Å². The molecular weight excluding hydrogens is 466 g/mol. The van der Waals surface area contributed by atoms with Gasteiger partial charge in [-0.25, -0.2) is 17.2 Å². The molecule has 0 bridgehead atoms. The number of ether oxygens (including phenoxy) is 2. The molecule has 1 atom stereocenters. The summed E-state index contributed by atoms with van der Waals surface area (Å²) in [5, 5.41) is 0. The average Bonchev–Trinajstić information content (AvgIpc) is 2.83. The van der Waals surface area contributed by atoms with Gasteiger partial charge in [-0.1, -0.05) is 18.2 Å². The maximum atomic E-state index is 13.8. The molecule has 0 aliphatic carbocycles. The van der Waals surface area contributed by atoms with Gasteiger partial charge in [0.1, 0.15) is 17.4 Å². The first kappa shape index (κ1) is 24.6. The monoisotopic (exact) mass is 494 g/mol. The molecule has 10 heteroatoms. The van der Waals surface area contributed by atoms with E-state index in [9.17, 15) is 22.0 Å². The quantitative estimate of drug-likeness (QED) is 0.592. The summed E-state index contributed by atoms with van der Waals surface area (Å²) in [5.74, 6) is -1.39. The smallest absolute Gasteiger partial charge is 0.243 e. The van der Waals surface area contributed by atoms with E-state index in [1.165, 1.54) is 4.31 Å². The van der Waals surface area contributed by atoms with Crippen LogP contribution in [-0.4, -0.2) is 69.5 Å². The Morgan fingerprint density at radius 3 is 2.38 bits per heavy atom. The third-order valence-electron chi connectivity index (χ3n) is 6.28. The molecule has 2 heterocycles. The number of amides is 1. The van der Waals surface area contributed by atoms with Crippen molar-refractivity contribution in [3.8, 4) is 5.75 Å². The number of halogens is 2. The molecule has 0 aromatic heterocycles. The largest absolute Gasteiger partial charge is 0.493 e. The van der Waals surface area contributed by atoms with E-state index >= 15 is 0 Å². The van der Waals surface area contributed by atoms with Crippen LogP contribution in [0.15, 0.2) is 53.4 Å². The van der Waals surface area contributed by atoms with E-state index in [0.29, 0.717) is 51.0 Å². The topological polar surface area (TPSA) is 76.2 Å². The van der Waals surface area contributed by atoms with Crippen LogP contribution in [-0.2, 0) is 19.6 Å². The Balaban J connectivity index is 1.59. The third kappa shape index (κ3) is 5.73. The van der Waals surface area contributed by atoms with Crippen LogP contribution in [0.4, 0.5) is 8.78 Å². The molecule has 2 aromatic carbocycles. The Morgan fingerprint density at radius 1 is 1.03 bits per heavy atom. The van der Waals surface area contributed by atoms with E-state index in [0.717, 1.165) is 12.1 Å². The molecule has 2 aliphatic heterocycles. The number of piperidine rings is 1. The van der Waals surface area contributed by atoms with Crippen LogP contribution >= 0.6 is 0 Å². The van der Waals surface area contributed by atoms with E-state index in [1.807, 2.05) is 18.2 Å². The highest BCUT2D eigenvalue weighted by Gasteiger charge is 2.43. The van der Waals surface area contributed by atoms with Gasteiger partial charge in [0.25, 0.3) is 0 Å². The van der Waals surface area contributed by atoms with Crippen molar-refractivity contribution in [3.05, 3.63) is 60.2 Å². The molecule has 7 nitrogen and oxygen atoms in total. The van der Waals surface area contributed by atoms with E-state index in [-0.39, 0.29) is 32.0 Å². The van der Waals surface area contributed by atoms with Gasteiger partial charge in [-0.3, -0.25) is 4.79 Å². The number of sulfonamides is 1. The number of carbonyl (C=O) groups excluding carboxylic acids is 1. The zero-order valence-electron chi connectivity index (χ0n) is 18.8. The molecule has 2 saturated heterocycles. The number of morpholine rings is 1. The van der Waals surface area contributed by atoms with Gasteiger partial charge in [0.15, 0.2) is 0 Å². The molecular formula is C24H28F2N2O5S. The minimum Gasteiger partial charge on any atom is -0.493 e. The van der Waals surface area contributed by atoms with Crippen molar-refractivity contribution in [2.24, 2.45) is 5.41 Å². The van der Waals surface area contributed by atoms with Crippen molar-refractivity contribution in [1.29, 1.82) is 0 Å². The van der Waals surface area contributed by atoms with Gasteiger partial charge < -0.3 is 14.4 Å². The lowest BCUT2D eigenvalue weighted by atomic mass is 9.78. The van der Waals surface area contributed by atoms with E-state index in [1.54, 1.807) is 17.0 Å². The number of hydrogen-bond acceptors (Lipinski definition) is 5. The zero-order chi connectivity index (χ0) is 24.2. The highest BCUT2D eigenvalue weighted by atomic mass is 32.2. The van der Waals surface area contributed by atoms with Crippen molar-refractivity contribution >= 4 is 15.9 Å². The summed E-state index contributed by atoms with van der Waals surface area (Å²) < 4.78 is 66.6. The number of rotatable bonds is 7. The normalized spacial score (nSPS) is 21.9. The average molecular weight is 495 g/mol. The lowest BCUT2D eigenvalue weighted by molar-refractivity contribution is -0.139. The van der Waals surface area contributed by atoms with Gasteiger partial charge in [-0.2, -0.15) is 4.31 Å². The van der Waals surface area contributed by atoms with Crippen LogP contribution in [0.25, 0.3) is 0 Å². The summed E-state index contributed by atoms with van der Waals surface area (Å²) in [6.07, 6.45) is 1.17. The summed E-state index contributed by atoms with van der Waals surface area (Å²) in [5.41, 5.74) is -0.789. The fraction of sp³-hybridized carbons (Fsp3) is 0.458. The number of nitrogens with zero attached hydrogens (tertiary/aromatic N) is 2. The number of hydrogen-bond donors (Lipinski definition) is 0. The first-order valence-electron chi connectivity index (χ1n) is 11.3. The predicted octanol–water partition coefficient (Wildman–Crippen LogP) is 3.06. The van der Waals surface area contributed by atoms with Crippen molar-refractivity contribution in [3.63, 3.8) is 0 Å². The molecule has 184 valence electrons. The van der Waals surface area contributed by atoms with Crippen LogP contribution in [0.1, 0.15) is 19.3 Å². The Labute approximate surface area is 198 Å². The van der Waals surface area contributed by atoms with E-state index in [2.05, 4.69) is 0 Å². The number of carbonyl (C=O) groups is 1. The minimum absolute atomic E-state index is 0.0103. The minimum atomic E-state index is -4.17. The Hall–Kier alpha value is -2.56. The van der Waals surface area contributed by atoms with Crippen molar-refractivity contribution < 1.29 is 31.5 Å². The molecule has 2 aliphatic rings. The van der Waals surface area contributed by atoms with Crippen molar-refractivity contribution in [1.82, 2.24) is 9.21 Å². The van der Waals surface area contributed by atoms with Gasteiger partial charge in [0.05, 0.1) is 24.7 Å². The lowest BCUT2D eigenvalue weighted by Crippen LogP contribution is -2.51. The molecule has 2 fully saturated rings. The molecule has 1 amide bonds. The molecule has 2 aromatic rings. The van der Waals surface area contributed by atoms with Gasteiger partial charge in [-0.05, 0) is 37.1 Å². The van der Waals surface area contributed by atoms with Crippen LogP contribution < -0.4 is 4.74 Å². The van der Waals surface area contributed by atoms with Gasteiger partial charge in [0.2, 0.25) is 15.9 Å². The first-order chi connectivity index (χ1) is 16.3. The number of benzene rings is 2. The molecule has 0 N–H and O–H groups in total. The third-order valence-corrected chi connectivity index (χ3v) is 8.10. The second-order valence-corrected chi connectivity index (χ2v) is 10.8. The molecule has 4 rings (SSSR count). The van der Waals surface area contributed by atoms with Gasteiger partial charge in [0, 0.05) is 44.1 Å². The van der Waals surface area contributed by atoms with E-state index < -0.39 is 32.0 Å². The molecule has 0 saturated carbocycles. The summed E-state index contributed by atoms with van der Waals surface area (Å²) in [6, 6.07) is 11.4. The Bertz CT molecular complexity index is 1090. The van der Waals surface area contributed by atoms with Crippen LogP contribution in [0, 0.1) is 17.0 Å². The highest BCUT2D eigenvalue weighted by Crippen LogP contribution is 2.37. The molecule has 0 spiro atoms. The lowest BCUT2D eigenvalue weighted by Gasteiger charge is -2.42. The zero-order valence-corrected chi connectivity index (χ0v) is 19.6. The van der Waals surface area contributed by atoms with Crippen LogP contribution in [0.3, 0.4) is 0 Å². The van der Waals surface area contributed by atoms with Gasteiger partial charge in [-0.15, -0.1) is 0 Å². The second kappa shape index (κ2) is 10.4. The number of para-hydroxylation sites is 1. The summed E-state index contributed by atoms with van der Waals surface area (Å²) >= 11 is 0. The fourth-order valence-corrected chi connectivity index (χ4v) is 6.14. The molecule has 0 unspecified atom stereocenters. The SMILES string of the molecule is O=C(C[C@]1(COc2ccccc2)CCCN(S(=O)(=O)c2cc(F)cc(F)c2)C1)N1CCOCC1.